The summed E-state index contributed by atoms with van der Waals surface area (Å²) in [4.78, 5) is 0. The van der Waals surface area contributed by atoms with Crippen molar-refractivity contribution in [2.45, 2.75) is 39.8 Å². The predicted octanol–water partition coefficient (Wildman–Crippen LogP) is 4.61. The summed E-state index contributed by atoms with van der Waals surface area (Å²) >= 11 is 12.6. The average Bonchev–Trinajstić information content (AvgIpc) is 2.77. The van der Waals surface area contributed by atoms with Gasteiger partial charge in [-0.15, -0.1) is 0 Å². The summed E-state index contributed by atoms with van der Waals surface area (Å²) in [6.07, 6.45) is 2.73. The maximum atomic E-state index is 6.38. The Labute approximate surface area is 136 Å². The van der Waals surface area contributed by atoms with Gasteiger partial charge < -0.3 is 5.32 Å². The highest BCUT2D eigenvalue weighted by Crippen LogP contribution is 2.30. The van der Waals surface area contributed by atoms with Gasteiger partial charge in [-0.3, -0.25) is 4.68 Å². The molecule has 0 aliphatic rings. The molecule has 5 heteroatoms. The van der Waals surface area contributed by atoms with Crippen molar-refractivity contribution in [2.24, 2.45) is 0 Å². The third kappa shape index (κ3) is 3.79. The first-order valence-corrected chi connectivity index (χ1v) is 8.04. The summed E-state index contributed by atoms with van der Waals surface area (Å²) in [5.41, 5.74) is 3.25. The first-order chi connectivity index (χ1) is 10.1. The number of aryl methyl sites for hydroxylation is 2. The molecule has 0 fully saturated rings. The molecule has 1 heterocycles. The van der Waals surface area contributed by atoms with E-state index in [2.05, 4.69) is 30.3 Å². The minimum absolute atomic E-state index is 0.00560. The summed E-state index contributed by atoms with van der Waals surface area (Å²) in [6, 6.07) is 6.08. The molecule has 114 valence electrons. The van der Waals surface area contributed by atoms with Crippen LogP contribution in [0.5, 0.6) is 0 Å². The molecular weight excluding hydrogens is 305 g/mol. The zero-order chi connectivity index (χ0) is 15.4. The maximum absolute atomic E-state index is 6.38. The van der Waals surface area contributed by atoms with Crippen molar-refractivity contribution in [3.8, 4) is 0 Å². The molecule has 0 amide bonds. The molecule has 0 aliphatic heterocycles. The molecule has 3 nitrogen and oxygen atoms in total. The standard InChI is InChI=1S/C16H21Cl2N3/c1-4-6-21-16(14(18)10-20-21)15(19-5-2)12-7-11(3)8-13(17)9-12/h7-10,15,19H,4-6H2,1-3H3. The Morgan fingerprint density at radius 3 is 2.62 bits per heavy atom. The maximum Gasteiger partial charge on any atom is 0.0837 e. The highest BCUT2D eigenvalue weighted by atomic mass is 35.5. The molecule has 2 aromatic rings. The van der Waals surface area contributed by atoms with Crippen molar-refractivity contribution in [3.63, 3.8) is 0 Å². The number of aromatic nitrogens is 2. The van der Waals surface area contributed by atoms with Gasteiger partial charge in [0.05, 0.1) is 23.0 Å². The minimum Gasteiger partial charge on any atom is -0.305 e. The number of hydrogen-bond acceptors (Lipinski definition) is 2. The van der Waals surface area contributed by atoms with Crippen LogP contribution in [0.1, 0.15) is 43.1 Å². The third-order valence-electron chi connectivity index (χ3n) is 3.35. The van der Waals surface area contributed by atoms with Crippen LogP contribution in [0.25, 0.3) is 0 Å². The van der Waals surface area contributed by atoms with Gasteiger partial charge >= 0.3 is 0 Å². The van der Waals surface area contributed by atoms with E-state index in [1.807, 2.05) is 23.7 Å². The topological polar surface area (TPSA) is 29.9 Å². The molecular formula is C16H21Cl2N3. The summed E-state index contributed by atoms with van der Waals surface area (Å²) in [5, 5.41) is 9.31. The molecule has 0 radical (unpaired) electrons. The highest BCUT2D eigenvalue weighted by molar-refractivity contribution is 6.31. The molecule has 0 saturated heterocycles. The highest BCUT2D eigenvalue weighted by Gasteiger charge is 2.21. The van der Waals surface area contributed by atoms with Crippen molar-refractivity contribution in [3.05, 3.63) is 51.3 Å². The van der Waals surface area contributed by atoms with E-state index in [1.54, 1.807) is 6.20 Å². The van der Waals surface area contributed by atoms with Crippen molar-refractivity contribution in [1.82, 2.24) is 15.1 Å². The number of benzene rings is 1. The molecule has 21 heavy (non-hydrogen) atoms. The third-order valence-corrected chi connectivity index (χ3v) is 3.86. The lowest BCUT2D eigenvalue weighted by atomic mass is 10.0. The van der Waals surface area contributed by atoms with E-state index < -0.39 is 0 Å². The van der Waals surface area contributed by atoms with Gasteiger partial charge in [0.15, 0.2) is 0 Å². The first-order valence-electron chi connectivity index (χ1n) is 7.28. The van der Waals surface area contributed by atoms with Crippen LogP contribution in [0.3, 0.4) is 0 Å². The van der Waals surface area contributed by atoms with Gasteiger partial charge in [0, 0.05) is 11.6 Å². The zero-order valence-corrected chi connectivity index (χ0v) is 14.2. The Kier molecular flexibility index (Phi) is 5.68. The average molecular weight is 326 g/mol. The number of nitrogens with zero attached hydrogens (tertiary/aromatic N) is 2. The fraction of sp³-hybridized carbons (Fsp3) is 0.438. The van der Waals surface area contributed by atoms with Crippen LogP contribution in [0.4, 0.5) is 0 Å². The number of hydrogen-bond donors (Lipinski definition) is 1. The predicted molar refractivity (Wildman–Crippen MR) is 89.2 cm³/mol. The molecule has 0 aliphatic carbocycles. The van der Waals surface area contributed by atoms with E-state index in [4.69, 9.17) is 23.2 Å². The van der Waals surface area contributed by atoms with Crippen LogP contribution in [-0.4, -0.2) is 16.3 Å². The minimum atomic E-state index is -0.00560. The van der Waals surface area contributed by atoms with Crippen molar-refractivity contribution in [2.75, 3.05) is 6.54 Å². The Morgan fingerprint density at radius 1 is 1.24 bits per heavy atom. The smallest absolute Gasteiger partial charge is 0.0837 e. The Bertz CT molecular complexity index is 587. The second-order valence-electron chi connectivity index (χ2n) is 5.15. The zero-order valence-electron chi connectivity index (χ0n) is 12.7. The van der Waals surface area contributed by atoms with E-state index in [0.29, 0.717) is 5.02 Å². The molecule has 0 bridgehead atoms. The van der Waals surface area contributed by atoms with Gasteiger partial charge in [-0.25, -0.2) is 0 Å². The Hall–Kier alpha value is -1.03. The van der Waals surface area contributed by atoms with Crippen LogP contribution in [0.15, 0.2) is 24.4 Å². The van der Waals surface area contributed by atoms with E-state index >= 15 is 0 Å². The lowest BCUT2D eigenvalue weighted by molar-refractivity contribution is 0.520. The quantitative estimate of drug-likeness (QED) is 0.840. The lowest BCUT2D eigenvalue weighted by Crippen LogP contribution is -2.25. The molecule has 1 N–H and O–H groups in total. The fourth-order valence-corrected chi connectivity index (χ4v) is 3.11. The molecule has 2 rings (SSSR count). The normalized spacial score (nSPS) is 12.6. The van der Waals surface area contributed by atoms with Gasteiger partial charge in [0.25, 0.3) is 0 Å². The van der Waals surface area contributed by atoms with Crippen LogP contribution in [0, 0.1) is 6.92 Å². The van der Waals surface area contributed by atoms with Crippen molar-refractivity contribution < 1.29 is 0 Å². The van der Waals surface area contributed by atoms with Crippen molar-refractivity contribution >= 4 is 23.2 Å². The van der Waals surface area contributed by atoms with Crippen LogP contribution >= 0.6 is 23.2 Å². The molecule has 0 spiro atoms. The second kappa shape index (κ2) is 7.30. The summed E-state index contributed by atoms with van der Waals surface area (Å²) in [6.45, 7) is 7.95. The van der Waals surface area contributed by atoms with Gasteiger partial charge in [-0.1, -0.05) is 43.1 Å². The van der Waals surface area contributed by atoms with Crippen LogP contribution in [0.2, 0.25) is 10.0 Å². The van der Waals surface area contributed by atoms with Gasteiger partial charge in [-0.05, 0) is 43.1 Å². The van der Waals surface area contributed by atoms with Crippen LogP contribution < -0.4 is 5.32 Å². The molecule has 0 saturated carbocycles. The Morgan fingerprint density at radius 2 is 2.00 bits per heavy atom. The van der Waals surface area contributed by atoms with E-state index in [9.17, 15) is 0 Å². The molecule has 1 unspecified atom stereocenters. The van der Waals surface area contributed by atoms with Gasteiger partial charge in [0.1, 0.15) is 0 Å². The number of rotatable bonds is 6. The Balaban J connectivity index is 2.50. The molecule has 1 aromatic heterocycles. The largest absolute Gasteiger partial charge is 0.305 e. The number of halogens is 2. The van der Waals surface area contributed by atoms with Crippen LogP contribution in [-0.2, 0) is 6.54 Å². The molecule has 1 aromatic carbocycles. The molecule has 1 atom stereocenters. The van der Waals surface area contributed by atoms with Gasteiger partial charge in [-0.2, -0.15) is 5.10 Å². The van der Waals surface area contributed by atoms with Gasteiger partial charge in [0.2, 0.25) is 0 Å². The monoisotopic (exact) mass is 325 g/mol. The van der Waals surface area contributed by atoms with E-state index in [-0.39, 0.29) is 6.04 Å². The fourth-order valence-electron chi connectivity index (χ4n) is 2.56. The summed E-state index contributed by atoms with van der Waals surface area (Å²) in [5.74, 6) is 0. The van der Waals surface area contributed by atoms with E-state index in [0.717, 1.165) is 41.4 Å². The second-order valence-corrected chi connectivity index (χ2v) is 6.00. The SMILES string of the molecule is CCCn1ncc(Cl)c1C(NCC)c1cc(C)cc(Cl)c1. The summed E-state index contributed by atoms with van der Waals surface area (Å²) < 4.78 is 1.98. The first kappa shape index (κ1) is 16.3. The lowest BCUT2D eigenvalue weighted by Gasteiger charge is -2.21. The van der Waals surface area contributed by atoms with Crippen molar-refractivity contribution in [1.29, 1.82) is 0 Å². The summed E-state index contributed by atoms with van der Waals surface area (Å²) in [7, 11) is 0. The van der Waals surface area contributed by atoms with E-state index in [1.165, 1.54) is 0 Å². The number of nitrogens with one attached hydrogen (secondary N) is 1.